The van der Waals surface area contributed by atoms with E-state index in [2.05, 4.69) is 18.7 Å². The van der Waals surface area contributed by atoms with Gasteiger partial charge in [-0.05, 0) is 23.3 Å². The number of fused-ring (bicyclic) bond motifs is 1. The second-order valence-corrected chi connectivity index (χ2v) is 4.82. The third-order valence-corrected chi connectivity index (χ3v) is 3.78. The number of allylic oxidation sites excluding steroid dienone is 1. The summed E-state index contributed by atoms with van der Waals surface area (Å²) in [4.78, 5) is 12.5. The van der Waals surface area contributed by atoms with Crippen molar-refractivity contribution in [1.29, 1.82) is 0 Å². The van der Waals surface area contributed by atoms with Gasteiger partial charge in [-0.15, -0.1) is 0 Å². The molecule has 1 saturated heterocycles. The number of carbonyl (C=O) groups is 1. The second kappa shape index (κ2) is 2.95. The van der Waals surface area contributed by atoms with Crippen LogP contribution in [0.2, 0.25) is 0 Å². The highest BCUT2D eigenvalue weighted by Gasteiger charge is 2.61. The fraction of sp³-hybridized carbons (Fsp3) is 0.727. The fourth-order valence-corrected chi connectivity index (χ4v) is 2.63. The lowest BCUT2D eigenvalue weighted by atomic mass is 10.1. The molecule has 2 nitrogen and oxygen atoms in total. The molecule has 2 rings (SSSR count). The van der Waals surface area contributed by atoms with Crippen LogP contribution in [-0.4, -0.2) is 30.8 Å². The summed E-state index contributed by atoms with van der Waals surface area (Å²) < 4.78 is 0. The number of aldehydes is 1. The van der Waals surface area contributed by atoms with E-state index in [1.165, 1.54) is 13.1 Å². The van der Waals surface area contributed by atoms with Crippen LogP contribution < -0.4 is 0 Å². The maximum Gasteiger partial charge on any atom is 0.142 e. The Kier molecular flexibility index (Phi) is 2.03. The van der Waals surface area contributed by atoms with Crippen molar-refractivity contribution in [2.75, 3.05) is 19.6 Å². The van der Waals surface area contributed by atoms with Crippen LogP contribution in [0.1, 0.15) is 13.8 Å². The van der Waals surface area contributed by atoms with Crippen molar-refractivity contribution >= 4 is 6.29 Å². The smallest absolute Gasteiger partial charge is 0.142 e. The van der Waals surface area contributed by atoms with Crippen LogP contribution in [0.4, 0.5) is 0 Å². The summed E-state index contributed by atoms with van der Waals surface area (Å²) in [6.07, 6.45) is 4.39. The van der Waals surface area contributed by atoms with Crippen molar-refractivity contribution in [3.63, 3.8) is 0 Å². The average molecular weight is 179 g/mol. The zero-order valence-electron chi connectivity index (χ0n) is 8.36. The van der Waals surface area contributed by atoms with Crippen molar-refractivity contribution in [3.8, 4) is 0 Å². The lowest BCUT2D eigenvalue weighted by molar-refractivity contribution is -0.104. The molecule has 2 unspecified atom stereocenters. The molecule has 0 bridgehead atoms. The van der Waals surface area contributed by atoms with Gasteiger partial charge in [-0.25, -0.2) is 0 Å². The molecule has 0 aromatic rings. The van der Waals surface area contributed by atoms with Crippen LogP contribution >= 0.6 is 0 Å². The Morgan fingerprint density at radius 3 is 2.54 bits per heavy atom. The maximum absolute atomic E-state index is 10.0. The average Bonchev–Trinajstić information content (AvgIpc) is 2.53. The van der Waals surface area contributed by atoms with Gasteiger partial charge in [0.1, 0.15) is 6.29 Å². The van der Waals surface area contributed by atoms with Crippen LogP contribution in [0, 0.1) is 17.3 Å². The first-order valence-corrected chi connectivity index (χ1v) is 4.99. The van der Waals surface area contributed by atoms with Gasteiger partial charge >= 0.3 is 0 Å². The first-order valence-electron chi connectivity index (χ1n) is 4.99. The van der Waals surface area contributed by atoms with Crippen LogP contribution in [0.5, 0.6) is 0 Å². The molecule has 2 fully saturated rings. The Morgan fingerprint density at radius 1 is 1.38 bits per heavy atom. The molecule has 1 heterocycles. The Morgan fingerprint density at radius 2 is 2.00 bits per heavy atom. The first-order chi connectivity index (χ1) is 6.16. The van der Waals surface area contributed by atoms with Crippen LogP contribution in [0.15, 0.2) is 12.2 Å². The number of hydrogen-bond donors (Lipinski definition) is 0. The molecule has 1 saturated carbocycles. The molecule has 13 heavy (non-hydrogen) atoms. The number of piperidine rings is 1. The molecule has 0 radical (unpaired) electrons. The van der Waals surface area contributed by atoms with Gasteiger partial charge in [0.15, 0.2) is 0 Å². The van der Waals surface area contributed by atoms with Gasteiger partial charge in [-0.3, -0.25) is 9.69 Å². The molecule has 0 N–H and O–H groups in total. The third kappa shape index (κ3) is 1.44. The monoisotopic (exact) mass is 179 g/mol. The van der Waals surface area contributed by atoms with E-state index >= 15 is 0 Å². The van der Waals surface area contributed by atoms with E-state index in [-0.39, 0.29) is 0 Å². The van der Waals surface area contributed by atoms with Crippen LogP contribution in [-0.2, 0) is 4.79 Å². The van der Waals surface area contributed by atoms with E-state index in [0.717, 1.165) is 24.7 Å². The molecule has 0 amide bonds. The van der Waals surface area contributed by atoms with Gasteiger partial charge in [0.2, 0.25) is 0 Å². The van der Waals surface area contributed by atoms with E-state index in [4.69, 9.17) is 0 Å². The number of likely N-dealkylation sites (tertiary alicyclic amines) is 1. The zero-order chi connectivity index (χ0) is 9.47. The third-order valence-electron chi connectivity index (χ3n) is 3.78. The molecule has 1 aliphatic heterocycles. The first kappa shape index (κ1) is 8.95. The normalized spacial score (nSPS) is 36.5. The molecule has 72 valence electrons. The quantitative estimate of drug-likeness (QED) is 0.481. The molecule has 1 aliphatic carbocycles. The maximum atomic E-state index is 10.0. The largest absolute Gasteiger partial charge is 0.299 e. The SMILES string of the molecule is CC1(C)C2CN(C/C=C/C=O)CC21. The molecule has 2 aliphatic rings. The second-order valence-electron chi connectivity index (χ2n) is 4.82. The van der Waals surface area contributed by atoms with Crippen molar-refractivity contribution in [2.45, 2.75) is 13.8 Å². The van der Waals surface area contributed by atoms with Gasteiger partial charge in [0.05, 0.1) is 0 Å². The van der Waals surface area contributed by atoms with Crippen molar-refractivity contribution in [2.24, 2.45) is 17.3 Å². The summed E-state index contributed by atoms with van der Waals surface area (Å²) in [7, 11) is 0. The minimum atomic E-state index is 0.602. The standard InChI is InChI=1S/C11H17NO/c1-11(2)9-7-12(8-10(9)11)5-3-4-6-13/h3-4,6,9-10H,5,7-8H2,1-2H3/b4-3+. The Labute approximate surface area is 79.6 Å². The molecular weight excluding hydrogens is 162 g/mol. The number of hydrogen-bond acceptors (Lipinski definition) is 2. The Balaban J connectivity index is 1.78. The molecule has 0 aromatic heterocycles. The predicted molar refractivity (Wildman–Crippen MR) is 52.4 cm³/mol. The molecule has 0 spiro atoms. The minimum Gasteiger partial charge on any atom is -0.299 e. The highest BCUT2D eigenvalue weighted by Crippen LogP contribution is 2.61. The number of carbonyl (C=O) groups excluding carboxylic acids is 1. The molecular formula is C11H17NO. The van der Waals surface area contributed by atoms with Crippen molar-refractivity contribution in [3.05, 3.63) is 12.2 Å². The molecule has 0 aromatic carbocycles. The van der Waals surface area contributed by atoms with E-state index in [1.54, 1.807) is 6.08 Å². The van der Waals surface area contributed by atoms with Crippen molar-refractivity contribution < 1.29 is 4.79 Å². The highest BCUT2D eigenvalue weighted by atomic mass is 16.1. The number of rotatable bonds is 3. The lowest BCUT2D eigenvalue weighted by Crippen LogP contribution is -2.26. The number of nitrogens with zero attached hydrogens (tertiary/aromatic N) is 1. The Hall–Kier alpha value is -0.630. The van der Waals surface area contributed by atoms with E-state index < -0.39 is 0 Å². The zero-order valence-corrected chi connectivity index (χ0v) is 8.36. The van der Waals surface area contributed by atoms with Crippen molar-refractivity contribution in [1.82, 2.24) is 4.90 Å². The summed E-state index contributed by atoms with van der Waals surface area (Å²) in [6.45, 7) is 8.12. The summed E-state index contributed by atoms with van der Waals surface area (Å²) in [6, 6.07) is 0. The summed E-state index contributed by atoms with van der Waals surface area (Å²) >= 11 is 0. The lowest BCUT2D eigenvalue weighted by Gasteiger charge is -2.19. The predicted octanol–water partition coefficient (Wildman–Crippen LogP) is 1.33. The molecule has 2 atom stereocenters. The molecule has 2 heteroatoms. The van der Waals surface area contributed by atoms with Gasteiger partial charge in [0.25, 0.3) is 0 Å². The van der Waals surface area contributed by atoms with Gasteiger partial charge in [-0.1, -0.05) is 19.9 Å². The summed E-state index contributed by atoms with van der Waals surface area (Å²) in [5.74, 6) is 1.83. The van der Waals surface area contributed by atoms with E-state index in [9.17, 15) is 4.79 Å². The minimum absolute atomic E-state index is 0.602. The van der Waals surface area contributed by atoms with Crippen LogP contribution in [0.25, 0.3) is 0 Å². The van der Waals surface area contributed by atoms with E-state index in [1.807, 2.05) is 6.08 Å². The summed E-state index contributed by atoms with van der Waals surface area (Å²) in [5.41, 5.74) is 0.602. The fourth-order valence-electron chi connectivity index (χ4n) is 2.63. The van der Waals surface area contributed by atoms with E-state index in [0.29, 0.717) is 5.41 Å². The topological polar surface area (TPSA) is 20.3 Å². The summed E-state index contributed by atoms with van der Waals surface area (Å²) in [5, 5.41) is 0. The van der Waals surface area contributed by atoms with Crippen LogP contribution in [0.3, 0.4) is 0 Å². The Bertz CT molecular complexity index is 230. The highest BCUT2D eigenvalue weighted by molar-refractivity contribution is 5.64. The van der Waals surface area contributed by atoms with Gasteiger partial charge in [0, 0.05) is 19.6 Å². The van der Waals surface area contributed by atoms with Gasteiger partial charge < -0.3 is 0 Å². The van der Waals surface area contributed by atoms with Gasteiger partial charge in [-0.2, -0.15) is 0 Å².